The SMILES string of the molecule is CC(C)N1CCCN(C(=O)NCc2nnc3n2CCCCC3)CC1. The van der Waals surface area contributed by atoms with Crippen LogP contribution in [0.4, 0.5) is 4.79 Å². The van der Waals surface area contributed by atoms with Gasteiger partial charge in [-0.1, -0.05) is 6.42 Å². The Morgan fingerprint density at radius 1 is 1.04 bits per heavy atom. The first kappa shape index (κ1) is 17.2. The van der Waals surface area contributed by atoms with E-state index < -0.39 is 0 Å². The summed E-state index contributed by atoms with van der Waals surface area (Å²) >= 11 is 0. The van der Waals surface area contributed by atoms with Gasteiger partial charge in [0.25, 0.3) is 0 Å². The van der Waals surface area contributed by atoms with Gasteiger partial charge in [-0.25, -0.2) is 4.79 Å². The zero-order valence-corrected chi connectivity index (χ0v) is 15.0. The molecule has 0 aromatic carbocycles. The molecule has 3 rings (SSSR count). The molecule has 2 aliphatic rings. The highest BCUT2D eigenvalue weighted by Crippen LogP contribution is 2.14. The molecule has 1 fully saturated rings. The van der Waals surface area contributed by atoms with E-state index in [-0.39, 0.29) is 6.03 Å². The molecule has 24 heavy (non-hydrogen) atoms. The summed E-state index contributed by atoms with van der Waals surface area (Å²) in [5, 5.41) is 11.6. The zero-order chi connectivity index (χ0) is 16.9. The lowest BCUT2D eigenvalue weighted by Crippen LogP contribution is -2.42. The molecule has 0 spiro atoms. The second-order valence-corrected chi connectivity index (χ2v) is 7.12. The fourth-order valence-corrected chi connectivity index (χ4v) is 3.60. The van der Waals surface area contributed by atoms with Crippen molar-refractivity contribution in [1.29, 1.82) is 0 Å². The van der Waals surface area contributed by atoms with Crippen LogP contribution in [0.1, 0.15) is 51.2 Å². The van der Waals surface area contributed by atoms with Gasteiger partial charge in [0.2, 0.25) is 0 Å². The zero-order valence-electron chi connectivity index (χ0n) is 15.0. The Labute approximate surface area is 144 Å². The first-order valence-electron chi connectivity index (χ1n) is 9.33. The number of amides is 2. The average Bonchev–Trinajstić information content (AvgIpc) is 2.78. The van der Waals surface area contributed by atoms with E-state index in [1.54, 1.807) is 0 Å². The Hall–Kier alpha value is -1.63. The van der Waals surface area contributed by atoms with E-state index in [0.29, 0.717) is 12.6 Å². The van der Waals surface area contributed by atoms with Crippen LogP contribution in [0.25, 0.3) is 0 Å². The standard InChI is InChI=1S/C17H30N6O/c1-14(2)21-8-6-9-22(12-11-21)17(24)18-13-16-20-19-15-7-4-3-5-10-23(15)16/h14H,3-13H2,1-2H3,(H,18,24). The molecule has 7 heteroatoms. The molecule has 1 aromatic rings. The quantitative estimate of drug-likeness (QED) is 0.912. The molecule has 2 amide bonds. The fraction of sp³-hybridized carbons (Fsp3) is 0.824. The van der Waals surface area contributed by atoms with Gasteiger partial charge in [0.15, 0.2) is 5.82 Å². The van der Waals surface area contributed by atoms with Gasteiger partial charge in [0.05, 0.1) is 6.54 Å². The number of nitrogens with zero attached hydrogens (tertiary/aromatic N) is 5. The van der Waals surface area contributed by atoms with Gasteiger partial charge in [-0.2, -0.15) is 0 Å². The number of hydrogen-bond donors (Lipinski definition) is 1. The van der Waals surface area contributed by atoms with Gasteiger partial charge in [-0.05, 0) is 33.1 Å². The molecule has 0 bridgehead atoms. The molecule has 134 valence electrons. The molecular weight excluding hydrogens is 304 g/mol. The molecule has 0 atom stereocenters. The first-order valence-corrected chi connectivity index (χ1v) is 9.33. The van der Waals surface area contributed by atoms with Gasteiger partial charge >= 0.3 is 6.03 Å². The lowest BCUT2D eigenvalue weighted by atomic mass is 10.2. The molecule has 7 nitrogen and oxygen atoms in total. The van der Waals surface area contributed by atoms with Crippen molar-refractivity contribution in [2.24, 2.45) is 0 Å². The Kier molecular flexibility index (Phi) is 5.71. The molecule has 0 radical (unpaired) electrons. The van der Waals surface area contributed by atoms with Crippen molar-refractivity contribution in [3.8, 4) is 0 Å². The summed E-state index contributed by atoms with van der Waals surface area (Å²) in [4.78, 5) is 16.9. The summed E-state index contributed by atoms with van der Waals surface area (Å²) in [7, 11) is 0. The van der Waals surface area contributed by atoms with Crippen LogP contribution in [-0.4, -0.2) is 62.8 Å². The Balaban J connectivity index is 1.53. The maximum atomic E-state index is 12.5. The van der Waals surface area contributed by atoms with Crippen molar-refractivity contribution in [1.82, 2.24) is 29.9 Å². The Morgan fingerprint density at radius 2 is 1.92 bits per heavy atom. The molecule has 0 aliphatic carbocycles. The molecule has 3 heterocycles. The number of hydrogen-bond acceptors (Lipinski definition) is 4. The van der Waals surface area contributed by atoms with Crippen LogP contribution < -0.4 is 5.32 Å². The van der Waals surface area contributed by atoms with Crippen LogP contribution >= 0.6 is 0 Å². The summed E-state index contributed by atoms with van der Waals surface area (Å²) in [5.74, 6) is 1.96. The maximum Gasteiger partial charge on any atom is 0.317 e. The molecule has 1 N–H and O–H groups in total. The number of rotatable bonds is 3. The third kappa shape index (κ3) is 4.06. The van der Waals surface area contributed by atoms with Crippen molar-refractivity contribution in [2.45, 2.75) is 65.1 Å². The second kappa shape index (κ2) is 7.96. The molecule has 0 unspecified atom stereocenters. The molecule has 0 saturated carbocycles. The predicted octanol–water partition coefficient (Wildman–Crippen LogP) is 1.63. The average molecular weight is 334 g/mol. The minimum absolute atomic E-state index is 0.0200. The summed E-state index contributed by atoms with van der Waals surface area (Å²) in [5.41, 5.74) is 0. The normalized spacial score (nSPS) is 19.7. The second-order valence-electron chi connectivity index (χ2n) is 7.12. The molecular formula is C17H30N6O. The summed E-state index contributed by atoms with van der Waals surface area (Å²) in [6.07, 6.45) is 5.63. The van der Waals surface area contributed by atoms with Crippen LogP contribution in [0.3, 0.4) is 0 Å². The third-order valence-electron chi connectivity index (χ3n) is 5.13. The van der Waals surface area contributed by atoms with Gasteiger partial charge in [0, 0.05) is 45.2 Å². The monoisotopic (exact) mass is 334 g/mol. The summed E-state index contributed by atoms with van der Waals surface area (Å²) in [6, 6.07) is 0.561. The molecule has 1 saturated heterocycles. The van der Waals surface area contributed by atoms with Crippen molar-refractivity contribution in [3.63, 3.8) is 0 Å². The summed E-state index contributed by atoms with van der Waals surface area (Å²) < 4.78 is 2.19. The van der Waals surface area contributed by atoms with E-state index >= 15 is 0 Å². The van der Waals surface area contributed by atoms with Crippen molar-refractivity contribution < 1.29 is 4.79 Å². The largest absolute Gasteiger partial charge is 0.331 e. The van der Waals surface area contributed by atoms with E-state index in [4.69, 9.17) is 0 Å². The fourth-order valence-electron chi connectivity index (χ4n) is 3.60. The van der Waals surface area contributed by atoms with Gasteiger partial charge in [0.1, 0.15) is 5.82 Å². The van der Waals surface area contributed by atoms with E-state index in [0.717, 1.165) is 57.2 Å². The van der Waals surface area contributed by atoms with E-state index in [1.807, 2.05) is 4.90 Å². The highest BCUT2D eigenvalue weighted by Gasteiger charge is 2.21. The number of nitrogens with one attached hydrogen (secondary N) is 1. The Morgan fingerprint density at radius 3 is 2.75 bits per heavy atom. The van der Waals surface area contributed by atoms with Gasteiger partial charge < -0.3 is 14.8 Å². The minimum atomic E-state index is 0.0200. The highest BCUT2D eigenvalue weighted by molar-refractivity contribution is 5.74. The third-order valence-corrected chi connectivity index (χ3v) is 5.13. The van der Waals surface area contributed by atoms with Gasteiger partial charge in [-0.3, -0.25) is 4.90 Å². The number of carbonyl (C=O) groups excluding carboxylic acids is 1. The van der Waals surface area contributed by atoms with E-state index in [9.17, 15) is 4.79 Å². The number of aromatic nitrogens is 3. The number of urea groups is 1. The molecule has 2 aliphatic heterocycles. The maximum absolute atomic E-state index is 12.5. The predicted molar refractivity (Wildman–Crippen MR) is 92.7 cm³/mol. The lowest BCUT2D eigenvalue weighted by Gasteiger charge is -2.25. The van der Waals surface area contributed by atoms with Crippen LogP contribution in [0.2, 0.25) is 0 Å². The van der Waals surface area contributed by atoms with Crippen LogP contribution in [0.5, 0.6) is 0 Å². The minimum Gasteiger partial charge on any atom is -0.331 e. The molecule has 1 aromatic heterocycles. The number of carbonyl (C=O) groups is 1. The van der Waals surface area contributed by atoms with Crippen LogP contribution in [0, 0.1) is 0 Å². The highest BCUT2D eigenvalue weighted by atomic mass is 16.2. The lowest BCUT2D eigenvalue weighted by molar-refractivity contribution is 0.193. The van der Waals surface area contributed by atoms with Crippen LogP contribution in [0.15, 0.2) is 0 Å². The van der Waals surface area contributed by atoms with Gasteiger partial charge in [-0.15, -0.1) is 10.2 Å². The van der Waals surface area contributed by atoms with E-state index in [1.165, 1.54) is 19.3 Å². The first-order chi connectivity index (χ1) is 11.6. The number of aryl methyl sites for hydroxylation is 1. The van der Waals surface area contributed by atoms with Crippen molar-refractivity contribution >= 4 is 6.03 Å². The van der Waals surface area contributed by atoms with Crippen molar-refractivity contribution in [2.75, 3.05) is 26.2 Å². The van der Waals surface area contributed by atoms with Crippen molar-refractivity contribution in [3.05, 3.63) is 11.6 Å². The van der Waals surface area contributed by atoms with Crippen LogP contribution in [-0.2, 0) is 19.5 Å². The number of fused-ring (bicyclic) bond motifs is 1. The Bertz CT molecular complexity index is 555. The van der Waals surface area contributed by atoms with E-state index in [2.05, 4.69) is 38.8 Å². The summed E-state index contributed by atoms with van der Waals surface area (Å²) in [6.45, 7) is 9.51. The smallest absolute Gasteiger partial charge is 0.317 e. The topological polar surface area (TPSA) is 66.3 Å².